The summed E-state index contributed by atoms with van der Waals surface area (Å²) < 4.78 is 6.43. The molecule has 140 valence electrons. The standard InChI is InChI=1S/C18H17Cl2N5O2/c1-27-5-4-16(11-2-3-14(19)15(20)6-11)22-10-13-7-17(26)25-18(24-13)12(8-21)9-23-25/h2-3,6-7,9,16,22-23H,4-5,10H2,1H3. The van der Waals surface area contributed by atoms with Gasteiger partial charge in [0.1, 0.15) is 11.6 Å². The summed E-state index contributed by atoms with van der Waals surface area (Å²) in [6.45, 7) is 0.889. The van der Waals surface area contributed by atoms with Crippen LogP contribution in [0, 0.1) is 11.3 Å². The summed E-state index contributed by atoms with van der Waals surface area (Å²) in [6, 6.07) is 8.83. The molecule has 9 heteroatoms. The highest BCUT2D eigenvalue weighted by Gasteiger charge is 2.14. The van der Waals surface area contributed by atoms with E-state index in [1.807, 2.05) is 18.2 Å². The van der Waals surface area contributed by atoms with E-state index in [2.05, 4.69) is 15.4 Å². The van der Waals surface area contributed by atoms with E-state index in [4.69, 9.17) is 33.2 Å². The molecule has 0 spiro atoms. The van der Waals surface area contributed by atoms with Crippen molar-refractivity contribution in [1.82, 2.24) is 19.9 Å². The van der Waals surface area contributed by atoms with Gasteiger partial charge in [0, 0.05) is 38.6 Å². The maximum Gasteiger partial charge on any atom is 0.272 e. The molecule has 7 nitrogen and oxygen atoms in total. The van der Waals surface area contributed by atoms with Crippen molar-refractivity contribution in [2.45, 2.75) is 19.0 Å². The molecule has 2 N–H and O–H groups in total. The van der Waals surface area contributed by atoms with Crippen molar-refractivity contribution >= 4 is 28.8 Å². The fourth-order valence-electron chi connectivity index (χ4n) is 2.78. The Morgan fingerprint density at radius 2 is 2.19 bits per heavy atom. The van der Waals surface area contributed by atoms with Gasteiger partial charge in [-0.3, -0.25) is 9.89 Å². The molecule has 3 aromatic rings. The van der Waals surface area contributed by atoms with E-state index in [0.717, 1.165) is 5.56 Å². The topological polar surface area (TPSA) is 95.2 Å². The van der Waals surface area contributed by atoms with Crippen molar-refractivity contribution in [3.05, 3.63) is 67.7 Å². The van der Waals surface area contributed by atoms with E-state index in [0.29, 0.717) is 46.5 Å². The molecule has 2 aromatic heterocycles. The first-order chi connectivity index (χ1) is 13.0. The largest absolute Gasteiger partial charge is 0.385 e. The molecular formula is C18H17Cl2N5O2. The van der Waals surface area contributed by atoms with Gasteiger partial charge in [0.15, 0.2) is 5.65 Å². The smallest absolute Gasteiger partial charge is 0.272 e. The van der Waals surface area contributed by atoms with Crippen LogP contribution >= 0.6 is 23.2 Å². The second-order valence-corrected chi connectivity index (χ2v) is 6.75. The molecule has 2 heterocycles. The van der Waals surface area contributed by atoms with Crippen LogP contribution in [0.4, 0.5) is 0 Å². The number of rotatable bonds is 7. The minimum Gasteiger partial charge on any atom is -0.385 e. The molecule has 1 atom stereocenters. The lowest BCUT2D eigenvalue weighted by molar-refractivity contribution is 0.182. The van der Waals surface area contributed by atoms with Crippen LogP contribution in [0.2, 0.25) is 10.0 Å². The Bertz CT molecular complexity index is 1050. The summed E-state index contributed by atoms with van der Waals surface area (Å²) in [7, 11) is 1.64. The Morgan fingerprint density at radius 3 is 2.89 bits per heavy atom. The van der Waals surface area contributed by atoms with Gasteiger partial charge in [-0.05, 0) is 24.1 Å². The molecule has 27 heavy (non-hydrogen) atoms. The predicted molar refractivity (Wildman–Crippen MR) is 103 cm³/mol. The number of nitrogens with one attached hydrogen (secondary N) is 2. The normalized spacial score (nSPS) is 12.2. The van der Waals surface area contributed by atoms with Crippen LogP contribution < -0.4 is 10.9 Å². The highest BCUT2D eigenvalue weighted by Crippen LogP contribution is 2.27. The molecule has 0 aliphatic heterocycles. The van der Waals surface area contributed by atoms with E-state index < -0.39 is 0 Å². The van der Waals surface area contributed by atoms with Crippen LogP contribution in [0.5, 0.6) is 0 Å². The minimum absolute atomic E-state index is 0.0679. The van der Waals surface area contributed by atoms with Crippen molar-refractivity contribution in [3.63, 3.8) is 0 Å². The van der Waals surface area contributed by atoms with Gasteiger partial charge in [0.2, 0.25) is 0 Å². The summed E-state index contributed by atoms with van der Waals surface area (Å²) in [5.41, 5.74) is 1.85. The molecular weight excluding hydrogens is 389 g/mol. The van der Waals surface area contributed by atoms with Gasteiger partial charge in [0.25, 0.3) is 5.56 Å². The Hall–Kier alpha value is -2.37. The maximum absolute atomic E-state index is 12.2. The van der Waals surface area contributed by atoms with E-state index in [9.17, 15) is 4.79 Å². The number of H-pyrrole nitrogens is 1. The Morgan fingerprint density at radius 1 is 1.37 bits per heavy atom. The third-order valence-corrected chi connectivity index (χ3v) is 4.90. The van der Waals surface area contributed by atoms with Gasteiger partial charge in [-0.25, -0.2) is 9.50 Å². The Balaban J connectivity index is 1.84. The third-order valence-electron chi connectivity index (χ3n) is 4.16. The summed E-state index contributed by atoms with van der Waals surface area (Å²) >= 11 is 12.1. The van der Waals surface area contributed by atoms with Crippen LogP contribution in [0.3, 0.4) is 0 Å². The number of aromatic nitrogens is 3. The lowest BCUT2D eigenvalue weighted by Gasteiger charge is -2.19. The number of fused-ring (bicyclic) bond motifs is 1. The molecule has 3 rings (SSSR count). The second-order valence-electron chi connectivity index (χ2n) is 5.93. The molecule has 0 fully saturated rings. The Labute approximate surface area is 165 Å². The van der Waals surface area contributed by atoms with Crippen LogP contribution in [-0.4, -0.2) is 28.3 Å². The van der Waals surface area contributed by atoms with Gasteiger partial charge < -0.3 is 10.1 Å². The molecule has 1 unspecified atom stereocenters. The van der Waals surface area contributed by atoms with Crippen molar-refractivity contribution in [2.24, 2.45) is 0 Å². The first-order valence-electron chi connectivity index (χ1n) is 8.21. The summed E-state index contributed by atoms with van der Waals surface area (Å²) in [5.74, 6) is 0. The molecule has 0 radical (unpaired) electrons. The van der Waals surface area contributed by atoms with Crippen LogP contribution in [0.15, 0.2) is 35.3 Å². The van der Waals surface area contributed by atoms with E-state index in [1.54, 1.807) is 13.2 Å². The fraction of sp³-hybridized carbons (Fsp3) is 0.278. The van der Waals surface area contributed by atoms with Crippen molar-refractivity contribution in [2.75, 3.05) is 13.7 Å². The quantitative estimate of drug-likeness (QED) is 0.629. The number of aromatic amines is 1. The minimum atomic E-state index is -0.277. The average molecular weight is 406 g/mol. The summed E-state index contributed by atoms with van der Waals surface area (Å²) in [6.07, 6.45) is 2.15. The highest BCUT2D eigenvalue weighted by atomic mass is 35.5. The number of benzene rings is 1. The number of methoxy groups -OCH3 is 1. The van der Waals surface area contributed by atoms with Crippen LogP contribution in [0.1, 0.15) is 29.3 Å². The SMILES string of the molecule is COCCC(NCc1cc(=O)n2[nH]cc(C#N)c2n1)c1ccc(Cl)c(Cl)c1. The second kappa shape index (κ2) is 8.55. The molecule has 1 aromatic carbocycles. The number of hydrogen-bond acceptors (Lipinski definition) is 5. The highest BCUT2D eigenvalue weighted by molar-refractivity contribution is 6.42. The molecule has 0 saturated carbocycles. The van der Waals surface area contributed by atoms with Gasteiger partial charge in [-0.15, -0.1) is 0 Å². The van der Waals surface area contributed by atoms with Crippen LogP contribution in [-0.2, 0) is 11.3 Å². The van der Waals surface area contributed by atoms with Gasteiger partial charge >= 0.3 is 0 Å². The van der Waals surface area contributed by atoms with Crippen molar-refractivity contribution in [3.8, 4) is 6.07 Å². The average Bonchev–Trinajstić information content (AvgIpc) is 3.08. The van der Waals surface area contributed by atoms with Crippen molar-refractivity contribution < 1.29 is 4.74 Å². The zero-order valence-corrected chi connectivity index (χ0v) is 16.0. The predicted octanol–water partition coefficient (Wildman–Crippen LogP) is 3.07. The lowest BCUT2D eigenvalue weighted by atomic mass is 10.0. The lowest BCUT2D eigenvalue weighted by Crippen LogP contribution is -2.25. The Kier molecular flexibility index (Phi) is 6.14. The van der Waals surface area contributed by atoms with Gasteiger partial charge in [-0.1, -0.05) is 29.3 Å². The van der Waals surface area contributed by atoms with Crippen LogP contribution in [0.25, 0.3) is 5.65 Å². The van der Waals surface area contributed by atoms with E-state index in [-0.39, 0.29) is 11.6 Å². The first-order valence-corrected chi connectivity index (χ1v) is 8.96. The number of halogens is 2. The zero-order valence-electron chi connectivity index (χ0n) is 14.5. The molecule has 0 aliphatic rings. The number of hydrogen-bond donors (Lipinski definition) is 2. The van der Waals surface area contributed by atoms with Gasteiger partial charge in [-0.2, -0.15) is 5.26 Å². The monoisotopic (exact) mass is 405 g/mol. The number of ether oxygens (including phenoxy) is 1. The first kappa shape index (κ1) is 19.4. The van der Waals surface area contributed by atoms with Crippen molar-refractivity contribution in [1.29, 1.82) is 5.26 Å². The maximum atomic E-state index is 12.2. The summed E-state index contributed by atoms with van der Waals surface area (Å²) in [5, 5.41) is 16.2. The fourth-order valence-corrected chi connectivity index (χ4v) is 3.09. The van der Waals surface area contributed by atoms with E-state index >= 15 is 0 Å². The summed E-state index contributed by atoms with van der Waals surface area (Å²) in [4.78, 5) is 16.6. The number of nitriles is 1. The molecule has 0 amide bonds. The van der Waals surface area contributed by atoms with E-state index in [1.165, 1.54) is 16.8 Å². The molecule has 0 aliphatic carbocycles. The zero-order chi connectivity index (χ0) is 19.4. The third kappa shape index (κ3) is 4.31. The molecule has 0 bridgehead atoms. The number of nitrogens with zero attached hydrogens (tertiary/aromatic N) is 3. The molecule has 0 saturated heterocycles. The van der Waals surface area contributed by atoms with Gasteiger partial charge in [0.05, 0.1) is 15.7 Å².